The van der Waals surface area contributed by atoms with Crippen LogP contribution in [0.3, 0.4) is 0 Å². The third-order valence-corrected chi connectivity index (χ3v) is 3.76. The van der Waals surface area contributed by atoms with Crippen LogP contribution in [0.1, 0.15) is 15.9 Å². The number of nitrogens with one attached hydrogen (secondary N) is 2. The minimum atomic E-state index is -0.459. The normalized spacial score (nSPS) is 10.5. The lowest BCUT2D eigenvalue weighted by Gasteiger charge is -2.12. The summed E-state index contributed by atoms with van der Waals surface area (Å²) in [7, 11) is 1.53. The highest BCUT2D eigenvalue weighted by atomic mass is 16.5. The number of carbonyl (C=O) groups is 1. The van der Waals surface area contributed by atoms with Crippen LogP contribution >= 0.6 is 0 Å². The van der Waals surface area contributed by atoms with E-state index in [1.807, 2.05) is 30.3 Å². The van der Waals surface area contributed by atoms with Gasteiger partial charge in [0.1, 0.15) is 11.3 Å². The quantitative estimate of drug-likeness (QED) is 0.781. The number of rotatable bonds is 3. The van der Waals surface area contributed by atoms with Crippen LogP contribution < -0.4 is 15.6 Å². The minimum absolute atomic E-state index is 0.106. The molecule has 0 aliphatic carbocycles. The number of anilines is 1. The van der Waals surface area contributed by atoms with Crippen LogP contribution in [0.25, 0.3) is 10.9 Å². The predicted octanol–water partition coefficient (Wildman–Crippen LogP) is 3.10. The van der Waals surface area contributed by atoms with E-state index in [2.05, 4.69) is 10.3 Å². The highest BCUT2D eigenvalue weighted by Gasteiger charge is 2.17. The molecule has 0 saturated carbocycles. The summed E-state index contributed by atoms with van der Waals surface area (Å²) in [6, 6.07) is 14.5. The third-order valence-electron chi connectivity index (χ3n) is 3.76. The molecule has 1 aromatic heterocycles. The van der Waals surface area contributed by atoms with Crippen molar-refractivity contribution in [3.63, 3.8) is 0 Å². The number of aromatic amines is 1. The number of aromatic nitrogens is 1. The molecule has 0 bridgehead atoms. The molecule has 2 N–H and O–H groups in total. The van der Waals surface area contributed by atoms with Crippen LogP contribution in [0.4, 0.5) is 5.69 Å². The summed E-state index contributed by atoms with van der Waals surface area (Å²) in [5.41, 5.74) is 1.58. The summed E-state index contributed by atoms with van der Waals surface area (Å²) in [5, 5.41) is 3.58. The van der Waals surface area contributed by atoms with E-state index in [0.29, 0.717) is 22.5 Å². The van der Waals surface area contributed by atoms with Crippen molar-refractivity contribution in [3.05, 3.63) is 70.0 Å². The fourth-order valence-corrected chi connectivity index (χ4v) is 2.62. The summed E-state index contributed by atoms with van der Waals surface area (Å²) >= 11 is 0. The van der Waals surface area contributed by atoms with E-state index in [1.165, 1.54) is 7.11 Å². The van der Waals surface area contributed by atoms with Crippen LogP contribution in [0, 0.1) is 6.92 Å². The van der Waals surface area contributed by atoms with E-state index in [0.717, 1.165) is 5.39 Å². The number of carbonyl (C=O) groups excluding carboxylic acids is 1. The number of amides is 1. The Morgan fingerprint density at radius 3 is 2.57 bits per heavy atom. The molecule has 0 aliphatic rings. The molecule has 0 fully saturated rings. The molecule has 5 heteroatoms. The third kappa shape index (κ3) is 2.68. The van der Waals surface area contributed by atoms with Gasteiger partial charge in [-0.05, 0) is 30.7 Å². The van der Waals surface area contributed by atoms with E-state index < -0.39 is 11.5 Å². The van der Waals surface area contributed by atoms with Crippen molar-refractivity contribution in [2.75, 3.05) is 12.4 Å². The Kier molecular flexibility index (Phi) is 3.85. The van der Waals surface area contributed by atoms with Gasteiger partial charge in [-0.15, -0.1) is 0 Å². The van der Waals surface area contributed by atoms with Gasteiger partial charge in [0.05, 0.1) is 12.8 Å². The molecule has 0 radical (unpaired) electrons. The molecule has 1 amide bonds. The summed E-state index contributed by atoms with van der Waals surface area (Å²) in [6.07, 6.45) is 0. The SMILES string of the molecule is COc1ccccc1NC(=O)c1c(C)c2ccccc2[nH]c1=O. The lowest BCUT2D eigenvalue weighted by molar-refractivity contribution is 0.102. The minimum Gasteiger partial charge on any atom is -0.495 e. The number of para-hydroxylation sites is 3. The number of pyridine rings is 1. The van der Waals surface area contributed by atoms with Crippen molar-refractivity contribution in [2.45, 2.75) is 6.92 Å². The molecule has 0 aliphatic heterocycles. The molecule has 3 aromatic rings. The zero-order valence-electron chi connectivity index (χ0n) is 12.8. The first kappa shape index (κ1) is 14.8. The maximum absolute atomic E-state index is 12.6. The maximum Gasteiger partial charge on any atom is 0.261 e. The zero-order chi connectivity index (χ0) is 16.4. The van der Waals surface area contributed by atoms with Gasteiger partial charge in [-0.3, -0.25) is 9.59 Å². The van der Waals surface area contributed by atoms with Gasteiger partial charge in [-0.2, -0.15) is 0 Å². The highest BCUT2D eigenvalue weighted by Crippen LogP contribution is 2.24. The Bertz CT molecular complexity index is 944. The molecular formula is C18H16N2O3. The van der Waals surface area contributed by atoms with Crippen LogP contribution in [-0.2, 0) is 0 Å². The largest absolute Gasteiger partial charge is 0.495 e. The van der Waals surface area contributed by atoms with E-state index in [1.54, 1.807) is 25.1 Å². The van der Waals surface area contributed by atoms with Gasteiger partial charge < -0.3 is 15.0 Å². The molecule has 116 valence electrons. The second-order valence-corrected chi connectivity index (χ2v) is 5.15. The van der Waals surface area contributed by atoms with E-state index >= 15 is 0 Å². The van der Waals surface area contributed by atoms with Gasteiger partial charge in [0.2, 0.25) is 0 Å². The van der Waals surface area contributed by atoms with E-state index in [4.69, 9.17) is 4.74 Å². The molecule has 0 unspecified atom stereocenters. The summed E-state index contributed by atoms with van der Waals surface area (Å²) in [6.45, 7) is 1.77. The molecule has 23 heavy (non-hydrogen) atoms. The Morgan fingerprint density at radius 2 is 1.78 bits per heavy atom. The Balaban J connectivity index is 2.06. The number of hydrogen-bond donors (Lipinski definition) is 2. The first-order valence-corrected chi connectivity index (χ1v) is 7.18. The van der Waals surface area contributed by atoms with Crippen molar-refractivity contribution in [1.29, 1.82) is 0 Å². The van der Waals surface area contributed by atoms with E-state index in [9.17, 15) is 9.59 Å². The van der Waals surface area contributed by atoms with Crippen LogP contribution in [0.15, 0.2) is 53.3 Å². The fraction of sp³-hybridized carbons (Fsp3) is 0.111. The predicted molar refractivity (Wildman–Crippen MR) is 90.3 cm³/mol. The molecule has 3 rings (SSSR count). The van der Waals surface area contributed by atoms with Crippen LogP contribution in [0.5, 0.6) is 5.75 Å². The van der Waals surface area contributed by atoms with Gasteiger partial charge >= 0.3 is 0 Å². The van der Waals surface area contributed by atoms with Gasteiger partial charge in [0, 0.05) is 10.9 Å². The van der Waals surface area contributed by atoms with Crippen molar-refractivity contribution in [2.24, 2.45) is 0 Å². The van der Waals surface area contributed by atoms with Crippen molar-refractivity contribution in [3.8, 4) is 5.75 Å². The van der Waals surface area contributed by atoms with Crippen LogP contribution in [-0.4, -0.2) is 18.0 Å². The summed E-state index contributed by atoms with van der Waals surface area (Å²) in [5.74, 6) is 0.0784. The number of hydrogen-bond acceptors (Lipinski definition) is 3. The molecule has 5 nitrogen and oxygen atoms in total. The maximum atomic E-state index is 12.6. The number of methoxy groups -OCH3 is 1. The Labute approximate surface area is 132 Å². The van der Waals surface area contributed by atoms with E-state index in [-0.39, 0.29) is 5.56 Å². The second kappa shape index (κ2) is 5.96. The molecular weight excluding hydrogens is 292 g/mol. The summed E-state index contributed by atoms with van der Waals surface area (Å²) in [4.78, 5) is 27.6. The first-order valence-electron chi connectivity index (χ1n) is 7.18. The lowest BCUT2D eigenvalue weighted by atomic mass is 10.0. The number of aryl methyl sites for hydroxylation is 1. The number of fused-ring (bicyclic) bond motifs is 1. The Morgan fingerprint density at radius 1 is 1.09 bits per heavy atom. The Hall–Kier alpha value is -3.08. The van der Waals surface area contributed by atoms with Crippen molar-refractivity contribution >= 4 is 22.5 Å². The monoisotopic (exact) mass is 308 g/mol. The topological polar surface area (TPSA) is 71.2 Å². The number of benzene rings is 2. The second-order valence-electron chi connectivity index (χ2n) is 5.15. The van der Waals surface area contributed by atoms with Crippen LogP contribution in [0.2, 0.25) is 0 Å². The molecule has 2 aromatic carbocycles. The molecule has 1 heterocycles. The average molecular weight is 308 g/mol. The molecule has 0 saturated heterocycles. The zero-order valence-corrected chi connectivity index (χ0v) is 12.8. The van der Waals surface area contributed by atoms with Gasteiger partial charge in [-0.1, -0.05) is 30.3 Å². The number of ether oxygens (including phenoxy) is 1. The van der Waals surface area contributed by atoms with Gasteiger partial charge in [0.25, 0.3) is 11.5 Å². The fourth-order valence-electron chi connectivity index (χ4n) is 2.62. The standard InChI is InChI=1S/C18H16N2O3/c1-11-12-7-3-4-8-13(12)19-17(21)16(11)18(22)20-14-9-5-6-10-15(14)23-2/h3-10H,1-2H3,(H,19,21)(H,20,22). The molecule has 0 spiro atoms. The smallest absolute Gasteiger partial charge is 0.261 e. The average Bonchev–Trinajstić information content (AvgIpc) is 2.55. The first-order chi connectivity index (χ1) is 11.1. The van der Waals surface area contributed by atoms with Gasteiger partial charge in [-0.25, -0.2) is 0 Å². The highest BCUT2D eigenvalue weighted by molar-refractivity contribution is 6.08. The summed E-state index contributed by atoms with van der Waals surface area (Å²) < 4.78 is 5.21. The molecule has 0 atom stereocenters. The van der Waals surface area contributed by atoms with Crippen molar-refractivity contribution < 1.29 is 9.53 Å². The van der Waals surface area contributed by atoms with Gasteiger partial charge in [0.15, 0.2) is 0 Å². The number of H-pyrrole nitrogens is 1. The van der Waals surface area contributed by atoms with Crippen molar-refractivity contribution in [1.82, 2.24) is 4.98 Å². The lowest BCUT2D eigenvalue weighted by Crippen LogP contribution is -2.25.